The molecule has 0 bridgehead atoms. The molecule has 1 N–H and O–H groups in total. The predicted octanol–water partition coefficient (Wildman–Crippen LogP) is 4.52. The van der Waals surface area contributed by atoms with Crippen LogP contribution in [0.15, 0.2) is 64.5 Å². The van der Waals surface area contributed by atoms with Crippen LogP contribution < -0.4 is 10.3 Å². The van der Waals surface area contributed by atoms with Gasteiger partial charge in [0, 0.05) is 16.3 Å². The van der Waals surface area contributed by atoms with Crippen molar-refractivity contribution >= 4 is 23.4 Å². The molecule has 1 aromatic heterocycles. The van der Waals surface area contributed by atoms with Gasteiger partial charge in [-0.1, -0.05) is 53.7 Å². The van der Waals surface area contributed by atoms with E-state index in [-0.39, 0.29) is 5.56 Å². The minimum Gasteiger partial charge on any atom is -0.494 e. The molecule has 3 rings (SSSR count). The van der Waals surface area contributed by atoms with Gasteiger partial charge in [-0.15, -0.1) is 0 Å². The van der Waals surface area contributed by atoms with Crippen LogP contribution in [0.25, 0.3) is 11.3 Å². The third-order valence-electron chi connectivity index (χ3n) is 3.67. The van der Waals surface area contributed by atoms with Crippen LogP contribution in [0.1, 0.15) is 12.0 Å². The van der Waals surface area contributed by atoms with Gasteiger partial charge >= 0.3 is 0 Å². The van der Waals surface area contributed by atoms with Gasteiger partial charge in [-0.2, -0.15) is 5.26 Å². The lowest BCUT2D eigenvalue weighted by atomic mass is 10.1. The summed E-state index contributed by atoms with van der Waals surface area (Å²) in [5.41, 5.74) is 0.590. The summed E-state index contributed by atoms with van der Waals surface area (Å²) in [6.07, 6.45) is 0.791. The number of nitrogens with zero attached hydrogens (tertiary/aromatic N) is 2. The first kappa shape index (κ1) is 19.0. The molecular weight excluding hydrogens is 382 g/mol. The summed E-state index contributed by atoms with van der Waals surface area (Å²) in [5.74, 6) is 1.55. The van der Waals surface area contributed by atoms with E-state index >= 15 is 0 Å². The molecule has 136 valence electrons. The average Bonchev–Trinajstić information content (AvgIpc) is 2.69. The molecule has 7 heteroatoms. The standard InChI is InChI=1S/C20H16ClN3O2S/c21-15-9-7-14(8-10-15)18-17(13-22)19(25)24-20(23-18)27-12-4-11-26-16-5-2-1-3-6-16/h1-3,5-10H,4,11-12H2,(H,23,24,25). The van der Waals surface area contributed by atoms with Crippen LogP contribution in [0.4, 0.5) is 0 Å². The number of hydrogen-bond donors (Lipinski definition) is 1. The normalized spacial score (nSPS) is 10.4. The lowest BCUT2D eigenvalue weighted by molar-refractivity contribution is 0.318. The fraction of sp³-hybridized carbons (Fsp3) is 0.150. The van der Waals surface area contributed by atoms with E-state index < -0.39 is 5.56 Å². The molecule has 2 aromatic carbocycles. The Balaban J connectivity index is 1.66. The first-order valence-corrected chi connectivity index (χ1v) is 9.65. The summed E-state index contributed by atoms with van der Waals surface area (Å²) in [6.45, 7) is 0.571. The lowest BCUT2D eigenvalue weighted by Crippen LogP contribution is -2.15. The molecule has 1 heterocycles. The van der Waals surface area contributed by atoms with Crippen LogP contribution in [0.2, 0.25) is 5.02 Å². The van der Waals surface area contributed by atoms with E-state index in [4.69, 9.17) is 16.3 Å². The van der Waals surface area contributed by atoms with Crippen molar-refractivity contribution < 1.29 is 4.74 Å². The quantitative estimate of drug-likeness (QED) is 0.360. The predicted molar refractivity (Wildman–Crippen MR) is 107 cm³/mol. The van der Waals surface area contributed by atoms with Gasteiger partial charge in [-0.25, -0.2) is 4.98 Å². The molecule has 27 heavy (non-hydrogen) atoms. The minimum atomic E-state index is -0.444. The fourth-order valence-corrected chi connectivity index (χ4v) is 3.28. The van der Waals surface area contributed by atoms with Crippen LogP contribution in [0, 0.1) is 11.3 Å². The van der Waals surface area contributed by atoms with Gasteiger partial charge in [0.1, 0.15) is 17.4 Å². The minimum absolute atomic E-state index is 0.00548. The van der Waals surface area contributed by atoms with E-state index in [1.807, 2.05) is 36.4 Å². The van der Waals surface area contributed by atoms with Crippen LogP contribution in [0.5, 0.6) is 5.75 Å². The number of ether oxygens (including phenoxy) is 1. The highest BCUT2D eigenvalue weighted by atomic mass is 35.5. The highest BCUT2D eigenvalue weighted by Crippen LogP contribution is 2.23. The molecule has 0 aliphatic carbocycles. The molecule has 0 radical (unpaired) electrons. The third-order valence-corrected chi connectivity index (χ3v) is 4.88. The van der Waals surface area contributed by atoms with Crippen LogP contribution in [-0.4, -0.2) is 22.3 Å². The molecule has 0 saturated carbocycles. The maximum absolute atomic E-state index is 12.2. The Hall–Kier alpha value is -2.75. The Morgan fingerprint density at radius 2 is 1.89 bits per heavy atom. The van der Waals surface area contributed by atoms with E-state index in [0.717, 1.165) is 17.9 Å². The Bertz CT molecular complexity index is 998. The maximum atomic E-state index is 12.2. The Morgan fingerprint density at radius 3 is 2.59 bits per heavy atom. The number of aromatic amines is 1. The summed E-state index contributed by atoms with van der Waals surface area (Å²) < 4.78 is 5.65. The van der Waals surface area contributed by atoms with Crippen molar-refractivity contribution in [3.63, 3.8) is 0 Å². The number of aromatic nitrogens is 2. The molecule has 0 aliphatic rings. The number of para-hydroxylation sites is 1. The number of benzene rings is 2. The summed E-state index contributed by atoms with van der Waals surface area (Å²) in [4.78, 5) is 19.3. The van der Waals surface area contributed by atoms with Gasteiger partial charge in [0.2, 0.25) is 0 Å². The van der Waals surface area contributed by atoms with E-state index in [1.165, 1.54) is 11.8 Å². The zero-order valence-corrected chi connectivity index (χ0v) is 15.9. The summed E-state index contributed by atoms with van der Waals surface area (Å²) >= 11 is 7.33. The van der Waals surface area contributed by atoms with Crippen molar-refractivity contribution in [1.29, 1.82) is 5.26 Å². The summed E-state index contributed by atoms with van der Waals surface area (Å²) in [7, 11) is 0. The van der Waals surface area contributed by atoms with Crippen molar-refractivity contribution in [3.05, 3.63) is 75.5 Å². The van der Waals surface area contributed by atoms with E-state index in [1.54, 1.807) is 24.3 Å². The third kappa shape index (κ3) is 5.13. The second kappa shape index (κ2) is 9.26. The maximum Gasteiger partial charge on any atom is 0.270 e. The van der Waals surface area contributed by atoms with Crippen molar-refractivity contribution in [2.75, 3.05) is 12.4 Å². The van der Waals surface area contributed by atoms with E-state index in [9.17, 15) is 10.1 Å². The second-order valence-corrected chi connectivity index (χ2v) is 7.10. The highest BCUT2D eigenvalue weighted by molar-refractivity contribution is 7.99. The number of nitriles is 1. The smallest absolute Gasteiger partial charge is 0.270 e. The molecule has 0 saturated heterocycles. The number of thioether (sulfide) groups is 1. The zero-order chi connectivity index (χ0) is 19.1. The SMILES string of the molecule is N#Cc1c(-c2ccc(Cl)cc2)nc(SCCCOc2ccccc2)[nH]c1=O. The average molecular weight is 398 g/mol. The van der Waals surface area contributed by atoms with Gasteiger partial charge in [-0.05, 0) is 30.7 Å². The van der Waals surface area contributed by atoms with E-state index in [2.05, 4.69) is 9.97 Å². The van der Waals surface area contributed by atoms with Gasteiger partial charge in [-0.3, -0.25) is 4.79 Å². The monoisotopic (exact) mass is 397 g/mol. The number of H-pyrrole nitrogens is 1. The molecule has 5 nitrogen and oxygen atoms in total. The molecule has 0 spiro atoms. The molecule has 0 amide bonds. The summed E-state index contributed by atoms with van der Waals surface area (Å²) in [6, 6.07) is 18.4. The zero-order valence-electron chi connectivity index (χ0n) is 14.3. The summed E-state index contributed by atoms with van der Waals surface area (Å²) in [5, 5.41) is 10.4. The molecule has 0 atom stereocenters. The molecule has 0 unspecified atom stereocenters. The van der Waals surface area contributed by atoms with Crippen molar-refractivity contribution in [2.45, 2.75) is 11.6 Å². The topological polar surface area (TPSA) is 78.8 Å². The molecule has 0 aliphatic heterocycles. The largest absolute Gasteiger partial charge is 0.494 e. The number of nitrogens with one attached hydrogen (secondary N) is 1. The van der Waals surface area contributed by atoms with E-state index in [0.29, 0.717) is 28.0 Å². The molecule has 3 aromatic rings. The van der Waals surface area contributed by atoms with Crippen molar-refractivity contribution in [1.82, 2.24) is 9.97 Å². The second-order valence-electron chi connectivity index (χ2n) is 5.58. The fourth-order valence-electron chi connectivity index (χ4n) is 2.38. The van der Waals surface area contributed by atoms with Crippen molar-refractivity contribution in [3.8, 4) is 23.1 Å². The first-order chi connectivity index (χ1) is 13.2. The van der Waals surface area contributed by atoms with Gasteiger partial charge in [0.25, 0.3) is 5.56 Å². The van der Waals surface area contributed by atoms with Gasteiger partial charge in [0.15, 0.2) is 5.16 Å². The Labute approximate surface area is 166 Å². The van der Waals surface area contributed by atoms with Crippen LogP contribution in [0.3, 0.4) is 0 Å². The van der Waals surface area contributed by atoms with Gasteiger partial charge < -0.3 is 9.72 Å². The highest BCUT2D eigenvalue weighted by Gasteiger charge is 2.13. The molecule has 0 fully saturated rings. The Kier molecular flexibility index (Phi) is 6.53. The lowest BCUT2D eigenvalue weighted by Gasteiger charge is -2.07. The van der Waals surface area contributed by atoms with Crippen molar-refractivity contribution in [2.24, 2.45) is 0 Å². The molecular formula is C20H16ClN3O2S. The number of halogens is 1. The number of hydrogen-bond acceptors (Lipinski definition) is 5. The van der Waals surface area contributed by atoms with Gasteiger partial charge in [0.05, 0.1) is 12.3 Å². The van der Waals surface area contributed by atoms with Crippen LogP contribution >= 0.6 is 23.4 Å². The van der Waals surface area contributed by atoms with Crippen LogP contribution in [-0.2, 0) is 0 Å². The number of rotatable bonds is 7. The Morgan fingerprint density at radius 1 is 1.15 bits per heavy atom. The first-order valence-electron chi connectivity index (χ1n) is 8.28.